The van der Waals surface area contributed by atoms with Crippen LogP contribution in [0.5, 0.6) is 11.5 Å². The highest BCUT2D eigenvalue weighted by Gasteiger charge is 2.10. The Labute approximate surface area is 115 Å². The molecule has 0 aliphatic carbocycles. The highest BCUT2D eigenvalue weighted by atomic mass is 16.5. The molecule has 0 aliphatic heterocycles. The SMILES string of the molecule is CCCCOc1[c]cccc1-c1ccccc1OC. The molecule has 0 spiro atoms. The van der Waals surface area contributed by atoms with E-state index in [1.807, 2.05) is 42.5 Å². The summed E-state index contributed by atoms with van der Waals surface area (Å²) in [5.41, 5.74) is 2.06. The van der Waals surface area contributed by atoms with Crippen LogP contribution in [0.4, 0.5) is 0 Å². The van der Waals surface area contributed by atoms with Gasteiger partial charge in [0.05, 0.1) is 13.7 Å². The molecule has 2 aromatic carbocycles. The highest BCUT2D eigenvalue weighted by molar-refractivity contribution is 5.75. The predicted molar refractivity (Wildman–Crippen MR) is 77.7 cm³/mol. The standard InChI is InChI=1S/C17H19O2/c1-3-4-13-19-17-12-8-6-10-15(17)14-9-5-7-11-16(14)18-2/h5-11H,3-4,13H2,1-2H3. The van der Waals surface area contributed by atoms with Gasteiger partial charge in [-0.3, -0.25) is 0 Å². The zero-order valence-electron chi connectivity index (χ0n) is 11.5. The lowest BCUT2D eigenvalue weighted by atomic mass is 10.0. The normalized spacial score (nSPS) is 10.2. The second-order valence-electron chi connectivity index (χ2n) is 4.32. The third-order valence-electron chi connectivity index (χ3n) is 2.96. The van der Waals surface area contributed by atoms with Gasteiger partial charge in [-0.25, -0.2) is 0 Å². The van der Waals surface area contributed by atoms with E-state index in [-0.39, 0.29) is 0 Å². The average molecular weight is 255 g/mol. The first-order valence-electron chi connectivity index (χ1n) is 6.63. The smallest absolute Gasteiger partial charge is 0.135 e. The molecule has 1 radical (unpaired) electrons. The second kappa shape index (κ2) is 6.83. The monoisotopic (exact) mass is 255 g/mol. The lowest BCUT2D eigenvalue weighted by molar-refractivity contribution is 0.310. The zero-order valence-corrected chi connectivity index (χ0v) is 11.5. The fourth-order valence-electron chi connectivity index (χ4n) is 1.94. The molecule has 0 saturated carbocycles. The molecule has 0 aliphatic rings. The summed E-state index contributed by atoms with van der Waals surface area (Å²) in [6.45, 7) is 2.87. The van der Waals surface area contributed by atoms with Crippen LogP contribution in [0.25, 0.3) is 11.1 Å². The summed E-state index contributed by atoms with van der Waals surface area (Å²) in [5.74, 6) is 1.64. The van der Waals surface area contributed by atoms with Crippen LogP contribution in [0.3, 0.4) is 0 Å². The molecule has 0 bridgehead atoms. The summed E-state index contributed by atoms with van der Waals surface area (Å²) in [7, 11) is 1.68. The number of hydrogen-bond donors (Lipinski definition) is 0. The molecule has 0 amide bonds. The molecule has 0 N–H and O–H groups in total. The minimum absolute atomic E-state index is 0.721. The van der Waals surface area contributed by atoms with E-state index in [2.05, 4.69) is 13.0 Å². The van der Waals surface area contributed by atoms with E-state index in [9.17, 15) is 0 Å². The van der Waals surface area contributed by atoms with Crippen molar-refractivity contribution in [2.45, 2.75) is 19.8 Å². The minimum atomic E-state index is 0.721. The Morgan fingerprint density at radius 2 is 1.84 bits per heavy atom. The largest absolute Gasteiger partial charge is 0.496 e. The fourth-order valence-corrected chi connectivity index (χ4v) is 1.94. The summed E-state index contributed by atoms with van der Waals surface area (Å²) in [5, 5.41) is 0. The van der Waals surface area contributed by atoms with Crippen LogP contribution in [0.15, 0.2) is 42.5 Å². The molecule has 19 heavy (non-hydrogen) atoms. The number of methoxy groups -OCH3 is 1. The van der Waals surface area contributed by atoms with Crippen molar-refractivity contribution in [3.05, 3.63) is 48.5 Å². The molecule has 99 valence electrons. The van der Waals surface area contributed by atoms with Gasteiger partial charge in [-0.05, 0) is 12.5 Å². The molecular weight excluding hydrogens is 236 g/mol. The molecule has 2 rings (SSSR count). The van der Waals surface area contributed by atoms with Gasteiger partial charge in [0, 0.05) is 17.2 Å². The van der Waals surface area contributed by atoms with Crippen LogP contribution >= 0.6 is 0 Å². The van der Waals surface area contributed by atoms with Crippen molar-refractivity contribution in [2.24, 2.45) is 0 Å². The van der Waals surface area contributed by atoms with Gasteiger partial charge in [-0.15, -0.1) is 0 Å². The number of unbranched alkanes of at least 4 members (excludes halogenated alkanes) is 1. The number of rotatable bonds is 6. The van der Waals surface area contributed by atoms with Crippen LogP contribution < -0.4 is 9.47 Å². The van der Waals surface area contributed by atoms with Crippen molar-refractivity contribution in [3.8, 4) is 22.6 Å². The molecule has 0 fully saturated rings. The fraction of sp³-hybridized carbons (Fsp3) is 0.294. The average Bonchev–Trinajstić information content (AvgIpc) is 2.48. The number of para-hydroxylation sites is 2. The van der Waals surface area contributed by atoms with E-state index >= 15 is 0 Å². The van der Waals surface area contributed by atoms with Crippen LogP contribution in [0.2, 0.25) is 0 Å². The molecule has 2 aromatic rings. The van der Waals surface area contributed by atoms with Crippen LogP contribution in [0, 0.1) is 6.07 Å². The van der Waals surface area contributed by atoms with Gasteiger partial charge in [-0.1, -0.05) is 49.7 Å². The van der Waals surface area contributed by atoms with Crippen molar-refractivity contribution in [1.82, 2.24) is 0 Å². The topological polar surface area (TPSA) is 18.5 Å². The van der Waals surface area contributed by atoms with E-state index in [1.165, 1.54) is 0 Å². The van der Waals surface area contributed by atoms with Gasteiger partial charge < -0.3 is 9.47 Å². The number of hydrogen-bond acceptors (Lipinski definition) is 2. The third-order valence-corrected chi connectivity index (χ3v) is 2.96. The molecule has 2 nitrogen and oxygen atoms in total. The maximum atomic E-state index is 5.82. The second-order valence-corrected chi connectivity index (χ2v) is 4.32. The Kier molecular flexibility index (Phi) is 4.85. The van der Waals surface area contributed by atoms with Crippen LogP contribution in [0.1, 0.15) is 19.8 Å². The molecule has 0 aromatic heterocycles. The van der Waals surface area contributed by atoms with Crippen molar-refractivity contribution in [2.75, 3.05) is 13.7 Å². The molecule has 2 heteroatoms. The Morgan fingerprint density at radius 1 is 1.05 bits per heavy atom. The Morgan fingerprint density at radius 3 is 2.63 bits per heavy atom. The molecule has 0 atom stereocenters. The van der Waals surface area contributed by atoms with Crippen molar-refractivity contribution in [1.29, 1.82) is 0 Å². The van der Waals surface area contributed by atoms with Gasteiger partial charge >= 0.3 is 0 Å². The van der Waals surface area contributed by atoms with Crippen molar-refractivity contribution < 1.29 is 9.47 Å². The first-order valence-corrected chi connectivity index (χ1v) is 6.63. The van der Waals surface area contributed by atoms with Crippen molar-refractivity contribution >= 4 is 0 Å². The Balaban J connectivity index is 2.33. The summed E-state index contributed by atoms with van der Waals surface area (Å²) in [6.07, 6.45) is 2.17. The zero-order chi connectivity index (χ0) is 13.5. The molecular formula is C17H19O2. The van der Waals surface area contributed by atoms with Gasteiger partial charge in [-0.2, -0.15) is 0 Å². The number of ether oxygens (including phenoxy) is 2. The minimum Gasteiger partial charge on any atom is -0.496 e. The van der Waals surface area contributed by atoms with E-state index in [1.54, 1.807) is 7.11 Å². The molecule has 0 saturated heterocycles. The van der Waals surface area contributed by atoms with Gasteiger partial charge in [0.1, 0.15) is 11.5 Å². The maximum Gasteiger partial charge on any atom is 0.135 e. The van der Waals surface area contributed by atoms with E-state index in [0.717, 1.165) is 42.1 Å². The molecule has 0 heterocycles. The maximum absolute atomic E-state index is 5.82. The van der Waals surface area contributed by atoms with E-state index in [0.29, 0.717) is 0 Å². The first kappa shape index (κ1) is 13.5. The van der Waals surface area contributed by atoms with Crippen LogP contribution in [-0.2, 0) is 0 Å². The summed E-state index contributed by atoms with van der Waals surface area (Å²) in [4.78, 5) is 0. The Bertz CT molecular complexity index is 520. The Hall–Kier alpha value is -1.96. The van der Waals surface area contributed by atoms with Crippen molar-refractivity contribution in [3.63, 3.8) is 0 Å². The summed E-state index contributed by atoms with van der Waals surface area (Å²) in [6, 6.07) is 17.0. The lowest BCUT2D eigenvalue weighted by Crippen LogP contribution is -1.98. The van der Waals surface area contributed by atoms with Gasteiger partial charge in [0.2, 0.25) is 0 Å². The van der Waals surface area contributed by atoms with Crippen LogP contribution in [-0.4, -0.2) is 13.7 Å². The lowest BCUT2D eigenvalue weighted by Gasteiger charge is -2.13. The summed E-state index contributed by atoms with van der Waals surface area (Å²) < 4.78 is 11.2. The van der Waals surface area contributed by atoms with Gasteiger partial charge in [0.15, 0.2) is 0 Å². The summed E-state index contributed by atoms with van der Waals surface area (Å²) >= 11 is 0. The van der Waals surface area contributed by atoms with Gasteiger partial charge in [0.25, 0.3) is 0 Å². The van der Waals surface area contributed by atoms with E-state index in [4.69, 9.17) is 9.47 Å². The number of benzene rings is 2. The highest BCUT2D eigenvalue weighted by Crippen LogP contribution is 2.35. The first-order chi connectivity index (χ1) is 9.36. The quantitative estimate of drug-likeness (QED) is 0.715. The predicted octanol–water partition coefficient (Wildman–Crippen LogP) is 4.34. The molecule has 0 unspecified atom stereocenters. The third kappa shape index (κ3) is 3.28. The van der Waals surface area contributed by atoms with E-state index < -0.39 is 0 Å².